The number of aryl methyl sites for hydroxylation is 1. The Hall–Kier alpha value is -1.18. The van der Waals surface area contributed by atoms with E-state index in [1.165, 1.54) is 11.3 Å². The van der Waals surface area contributed by atoms with Gasteiger partial charge in [-0.25, -0.2) is 0 Å². The average molecular weight is 308 g/mol. The third-order valence-corrected chi connectivity index (χ3v) is 4.38. The Balaban J connectivity index is 2.31. The highest BCUT2D eigenvalue weighted by atomic mass is 35.5. The predicted octanol–water partition coefficient (Wildman–Crippen LogP) is 5.58. The molecule has 0 saturated carbocycles. The van der Waals surface area contributed by atoms with Gasteiger partial charge >= 0.3 is 0 Å². The second kappa shape index (κ2) is 6.51. The fourth-order valence-corrected chi connectivity index (χ4v) is 2.89. The summed E-state index contributed by atoms with van der Waals surface area (Å²) >= 11 is 12.2. The Kier molecular flexibility index (Phi) is 4.95. The average Bonchev–Trinajstić information content (AvgIpc) is 2.46. The van der Waals surface area contributed by atoms with Crippen LogP contribution in [-0.2, 0) is 5.88 Å². The van der Waals surface area contributed by atoms with E-state index in [1.807, 2.05) is 18.2 Å². The van der Waals surface area contributed by atoms with E-state index in [9.17, 15) is 0 Å². The van der Waals surface area contributed by atoms with Crippen LogP contribution in [0.3, 0.4) is 0 Å². The first kappa shape index (κ1) is 15.2. The normalized spacial score (nSPS) is 12.2. The van der Waals surface area contributed by atoms with Crippen molar-refractivity contribution in [2.24, 2.45) is 0 Å². The standard InChI is InChI=1S/C17H19Cl2N/c1-12-10-14(11-18)8-9-17(12)20(3)13(2)15-6-4-5-7-16(15)19/h4-10,13H,11H2,1-3H3. The van der Waals surface area contributed by atoms with Crippen LogP contribution >= 0.6 is 23.2 Å². The van der Waals surface area contributed by atoms with Crippen molar-refractivity contribution in [3.8, 4) is 0 Å². The van der Waals surface area contributed by atoms with Crippen LogP contribution in [0.25, 0.3) is 0 Å². The lowest BCUT2D eigenvalue weighted by molar-refractivity contribution is 0.737. The van der Waals surface area contributed by atoms with Crippen LogP contribution in [0.4, 0.5) is 5.69 Å². The summed E-state index contributed by atoms with van der Waals surface area (Å²) in [6.45, 7) is 4.28. The van der Waals surface area contributed by atoms with Crippen LogP contribution in [-0.4, -0.2) is 7.05 Å². The van der Waals surface area contributed by atoms with Crippen molar-refractivity contribution >= 4 is 28.9 Å². The van der Waals surface area contributed by atoms with E-state index in [2.05, 4.69) is 50.1 Å². The van der Waals surface area contributed by atoms with Crippen molar-refractivity contribution in [1.29, 1.82) is 0 Å². The van der Waals surface area contributed by atoms with Crippen molar-refractivity contribution in [1.82, 2.24) is 0 Å². The van der Waals surface area contributed by atoms with E-state index >= 15 is 0 Å². The number of benzene rings is 2. The molecule has 2 aromatic rings. The predicted molar refractivity (Wildman–Crippen MR) is 89.0 cm³/mol. The second-order valence-corrected chi connectivity index (χ2v) is 5.74. The van der Waals surface area contributed by atoms with Crippen molar-refractivity contribution < 1.29 is 0 Å². The SMILES string of the molecule is Cc1cc(CCl)ccc1N(C)C(C)c1ccccc1Cl. The molecule has 0 aliphatic rings. The zero-order chi connectivity index (χ0) is 14.7. The molecule has 1 unspecified atom stereocenters. The van der Waals surface area contributed by atoms with Gasteiger partial charge in [-0.1, -0.05) is 41.9 Å². The van der Waals surface area contributed by atoms with E-state index in [1.54, 1.807) is 0 Å². The lowest BCUT2D eigenvalue weighted by Gasteiger charge is -2.29. The molecule has 0 fully saturated rings. The van der Waals surface area contributed by atoms with E-state index in [0.717, 1.165) is 16.1 Å². The largest absolute Gasteiger partial charge is 0.368 e. The number of hydrogen-bond donors (Lipinski definition) is 0. The van der Waals surface area contributed by atoms with Crippen LogP contribution in [0.5, 0.6) is 0 Å². The molecule has 0 aliphatic heterocycles. The third-order valence-electron chi connectivity index (χ3n) is 3.73. The van der Waals surface area contributed by atoms with E-state index in [-0.39, 0.29) is 6.04 Å². The molecular formula is C17H19Cl2N. The Bertz CT molecular complexity index is 595. The van der Waals surface area contributed by atoms with Crippen LogP contribution in [0.1, 0.15) is 29.7 Å². The van der Waals surface area contributed by atoms with Crippen LogP contribution < -0.4 is 4.90 Å². The molecule has 20 heavy (non-hydrogen) atoms. The van der Waals surface area contributed by atoms with Crippen molar-refractivity contribution in [3.05, 3.63) is 64.2 Å². The summed E-state index contributed by atoms with van der Waals surface area (Å²) in [5, 5.41) is 0.807. The minimum Gasteiger partial charge on any atom is -0.368 e. The Morgan fingerprint density at radius 3 is 2.45 bits per heavy atom. The number of anilines is 1. The number of hydrogen-bond acceptors (Lipinski definition) is 1. The first-order valence-corrected chi connectivity index (χ1v) is 7.58. The molecule has 0 aliphatic carbocycles. The van der Waals surface area contributed by atoms with Gasteiger partial charge < -0.3 is 4.90 Å². The molecular weight excluding hydrogens is 289 g/mol. The molecule has 2 aromatic carbocycles. The fourth-order valence-electron chi connectivity index (χ4n) is 2.43. The van der Waals surface area contributed by atoms with Gasteiger partial charge in [-0.15, -0.1) is 11.6 Å². The van der Waals surface area contributed by atoms with Crippen molar-refractivity contribution in [2.75, 3.05) is 11.9 Å². The first-order valence-electron chi connectivity index (χ1n) is 6.67. The summed E-state index contributed by atoms with van der Waals surface area (Å²) in [4.78, 5) is 2.24. The van der Waals surface area contributed by atoms with E-state index in [0.29, 0.717) is 5.88 Å². The lowest BCUT2D eigenvalue weighted by atomic mass is 10.0. The topological polar surface area (TPSA) is 3.24 Å². The quantitative estimate of drug-likeness (QED) is 0.666. The molecule has 0 aromatic heterocycles. The molecule has 0 bridgehead atoms. The molecule has 1 atom stereocenters. The van der Waals surface area contributed by atoms with Gasteiger partial charge in [0, 0.05) is 23.6 Å². The summed E-state index contributed by atoms with van der Waals surface area (Å²) in [5.74, 6) is 0.547. The van der Waals surface area contributed by atoms with Crippen LogP contribution in [0.15, 0.2) is 42.5 Å². The number of alkyl halides is 1. The highest BCUT2D eigenvalue weighted by Crippen LogP contribution is 2.31. The summed E-state index contributed by atoms with van der Waals surface area (Å²) in [5.41, 5.74) is 4.71. The maximum atomic E-state index is 6.29. The highest BCUT2D eigenvalue weighted by Gasteiger charge is 2.16. The van der Waals surface area contributed by atoms with Crippen LogP contribution in [0.2, 0.25) is 5.02 Å². The zero-order valence-corrected chi connectivity index (χ0v) is 13.5. The highest BCUT2D eigenvalue weighted by molar-refractivity contribution is 6.31. The number of rotatable bonds is 4. The maximum Gasteiger partial charge on any atom is 0.0525 e. The van der Waals surface area contributed by atoms with E-state index < -0.39 is 0 Å². The third kappa shape index (κ3) is 3.11. The number of nitrogens with zero attached hydrogens (tertiary/aromatic N) is 1. The van der Waals surface area contributed by atoms with Gasteiger partial charge in [0.2, 0.25) is 0 Å². The monoisotopic (exact) mass is 307 g/mol. The van der Waals surface area contributed by atoms with Crippen LogP contribution in [0, 0.1) is 6.92 Å². The van der Waals surface area contributed by atoms with Crippen molar-refractivity contribution in [2.45, 2.75) is 25.8 Å². The molecule has 0 saturated heterocycles. The molecule has 0 spiro atoms. The molecule has 2 rings (SSSR count). The zero-order valence-electron chi connectivity index (χ0n) is 12.0. The van der Waals surface area contributed by atoms with Gasteiger partial charge in [0.1, 0.15) is 0 Å². The summed E-state index contributed by atoms with van der Waals surface area (Å²) < 4.78 is 0. The lowest BCUT2D eigenvalue weighted by Crippen LogP contribution is -2.22. The Labute approximate surface area is 131 Å². The molecule has 0 amide bonds. The fraction of sp³-hybridized carbons (Fsp3) is 0.294. The Morgan fingerprint density at radius 2 is 1.85 bits per heavy atom. The van der Waals surface area contributed by atoms with Gasteiger partial charge in [0.05, 0.1) is 6.04 Å². The molecule has 0 heterocycles. The molecule has 1 nitrogen and oxygen atoms in total. The number of halogens is 2. The van der Waals surface area contributed by atoms with Crippen molar-refractivity contribution in [3.63, 3.8) is 0 Å². The minimum absolute atomic E-state index is 0.212. The molecule has 0 N–H and O–H groups in total. The minimum atomic E-state index is 0.212. The molecule has 0 radical (unpaired) electrons. The van der Waals surface area contributed by atoms with Gasteiger partial charge in [-0.2, -0.15) is 0 Å². The van der Waals surface area contributed by atoms with Gasteiger partial charge in [-0.05, 0) is 42.7 Å². The van der Waals surface area contributed by atoms with E-state index in [4.69, 9.17) is 23.2 Å². The molecule has 3 heteroatoms. The maximum absolute atomic E-state index is 6.29. The Morgan fingerprint density at radius 1 is 1.15 bits per heavy atom. The smallest absolute Gasteiger partial charge is 0.0525 e. The summed E-state index contributed by atoms with van der Waals surface area (Å²) in [7, 11) is 2.09. The van der Waals surface area contributed by atoms with Gasteiger partial charge in [0.15, 0.2) is 0 Å². The summed E-state index contributed by atoms with van der Waals surface area (Å²) in [6.07, 6.45) is 0. The first-order chi connectivity index (χ1) is 9.54. The van der Waals surface area contributed by atoms with Gasteiger partial charge in [-0.3, -0.25) is 0 Å². The molecule has 106 valence electrons. The summed E-state index contributed by atoms with van der Waals surface area (Å²) in [6, 6.07) is 14.5. The van der Waals surface area contributed by atoms with Gasteiger partial charge in [0.25, 0.3) is 0 Å². The second-order valence-electron chi connectivity index (χ2n) is 5.06.